The molecule has 0 bridgehead atoms. The van der Waals surface area contributed by atoms with Gasteiger partial charge in [0.1, 0.15) is 5.58 Å². The molecule has 1 aliphatic rings. The molecule has 1 amide bonds. The molecule has 3 aromatic carbocycles. The predicted molar refractivity (Wildman–Crippen MR) is 129 cm³/mol. The van der Waals surface area contributed by atoms with Crippen LogP contribution in [0.5, 0.6) is 0 Å². The van der Waals surface area contributed by atoms with Crippen LogP contribution >= 0.6 is 0 Å². The van der Waals surface area contributed by atoms with Crippen LogP contribution in [0, 0.1) is 5.92 Å². The maximum absolute atomic E-state index is 12.8. The molecule has 4 aromatic rings. The van der Waals surface area contributed by atoms with Crippen molar-refractivity contribution in [3.63, 3.8) is 0 Å². The van der Waals surface area contributed by atoms with Crippen molar-refractivity contribution in [2.24, 2.45) is 5.92 Å². The number of benzene rings is 3. The Balaban J connectivity index is 1.17. The number of Topliss-reactive ketones (excluding diaryl/α,β-unsaturated/α-hetero) is 1. The number of ketones is 1. The fourth-order valence-electron chi connectivity index (χ4n) is 4.33. The van der Waals surface area contributed by atoms with Gasteiger partial charge in [0.2, 0.25) is 10.0 Å². The predicted octanol–water partition coefficient (Wildman–Crippen LogP) is 3.99. The highest BCUT2D eigenvalue weighted by Gasteiger charge is 2.30. The van der Waals surface area contributed by atoms with Crippen molar-refractivity contribution in [2.75, 3.05) is 19.6 Å². The van der Waals surface area contributed by atoms with Crippen molar-refractivity contribution in [1.82, 2.24) is 9.62 Å². The van der Waals surface area contributed by atoms with Gasteiger partial charge in [-0.15, -0.1) is 0 Å². The molecule has 1 fully saturated rings. The second-order valence-electron chi connectivity index (χ2n) is 8.57. The maximum atomic E-state index is 12.8. The summed E-state index contributed by atoms with van der Waals surface area (Å²) in [5.74, 6) is -1.13. The average molecular weight is 477 g/mol. The largest absolute Gasteiger partial charge is 0.452 e. The number of likely N-dealkylation sites (tertiary alicyclic amines) is 1. The molecule has 7 nitrogen and oxygen atoms in total. The van der Waals surface area contributed by atoms with E-state index in [1.807, 2.05) is 36.4 Å². The van der Waals surface area contributed by atoms with Gasteiger partial charge in [-0.2, -0.15) is 0 Å². The van der Waals surface area contributed by atoms with Crippen LogP contribution < -0.4 is 4.72 Å². The van der Waals surface area contributed by atoms with Crippen molar-refractivity contribution in [1.29, 1.82) is 0 Å². The lowest BCUT2D eigenvalue weighted by atomic mass is 9.97. The summed E-state index contributed by atoms with van der Waals surface area (Å²) < 4.78 is 33.8. The van der Waals surface area contributed by atoms with E-state index in [1.54, 1.807) is 36.4 Å². The second kappa shape index (κ2) is 9.04. The number of hydrogen-bond acceptors (Lipinski definition) is 5. The standard InChI is InChI=1S/C26H24N2O5S/c29-25(24-16-21-7-3-4-8-23(21)33-24)26(30)28-13-11-18(12-14-28)17-27-34(31,32)22-10-9-19-5-1-2-6-20(19)15-22/h1-10,15-16,18,27H,11-14,17H2. The Morgan fingerprint density at radius 1 is 0.882 bits per heavy atom. The molecule has 0 unspecified atom stereocenters. The summed E-state index contributed by atoms with van der Waals surface area (Å²) in [6, 6.07) is 21.5. The van der Waals surface area contributed by atoms with Crippen LogP contribution in [-0.4, -0.2) is 44.6 Å². The molecule has 0 spiro atoms. The lowest BCUT2D eigenvalue weighted by Gasteiger charge is -2.31. The number of sulfonamides is 1. The van der Waals surface area contributed by atoms with E-state index >= 15 is 0 Å². The number of nitrogens with one attached hydrogen (secondary N) is 1. The number of piperidine rings is 1. The van der Waals surface area contributed by atoms with Crippen molar-refractivity contribution >= 4 is 43.5 Å². The van der Waals surface area contributed by atoms with E-state index in [1.165, 1.54) is 4.90 Å². The third-order valence-corrected chi connectivity index (χ3v) is 7.76. The summed E-state index contributed by atoms with van der Waals surface area (Å²) in [6.45, 7) is 1.08. The van der Waals surface area contributed by atoms with Gasteiger partial charge >= 0.3 is 0 Å². The van der Waals surface area contributed by atoms with Crippen LogP contribution in [0.1, 0.15) is 23.4 Å². The summed E-state index contributed by atoms with van der Waals surface area (Å²) in [7, 11) is -3.64. The van der Waals surface area contributed by atoms with Crippen LogP contribution in [0.4, 0.5) is 0 Å². The lowest BCUT2D eigenvalue weighted by molar-refractivity contribution is -0.127. The molecular formula is C26H24N2O5S. The lowest BCUT2D eigenvalue weighted by Crippen LogP contribution is -2.44. The van der Waals surface area contributed by atoms with Gasteiger partial charge in [0.05, 0.1) is 4.90 Å². The first-order valence-electron chi connectivity index (χ1n) is 11.2. The summed E-state index contributed by atoms with van der Waals surface area (Å²) >= 11 is 0. The molecule has 1 N–H and O–H groups in total. The first-order valence-corrected chi connectivity index (χ1v) is 12.7. The van der Waals surface area contributed by atoms with Gasteiger partial charge in [0, 0.05) is 25.0 Å². The van der Waals surface area contributed by atoms with Crippen LogP contribution in [0.25, 0.3) is 21.7 Å². The zero-order chi connectivity index (χ0) is 23.7. The van der Waals surface area contributed by atoms with E-state index in [4.69, 9.17) is 4.42 Å². The third-order valence-electron chi connectivity index (χ3n) is 6.34. The van der Waals surface area contributed by atoms with E-state index in [-0.39, 0.29) is 23.1 Å². The number of carbonyl (C=O) groups excluding carboxylic acids is 2. The normalized spacial score (nSPS) is 15.1. The van der Waals surface area contributed by atoms with Crippen molar-refractivity contribution in [3.8, 4) is 0 Å². The number of carbonyl (C=O) groups is 2. The molecule has 0 aliphatic carbocycles. The minimum absolute atomic E-state index is 0.0384. The molecule has 34 heavy (non-hydrogen) atoms. The van der Waals surface area contributed by atoms with Gasteiger partial charge in [-0.3, -0.25) is 9.59 Å². The van der Waals surface area contributed by atoms with Gasteiger partial charge in [0.25, 0.3) is 11.7 Å². The SMILES string of the molecule is O=C(C(=O)N1CCC(CNS(=O)(=O)c2ccc3ccccc3c2)CC1)c1cc2ccccc2o1. The van der Waals surface area contributed by atoms with E-state index in [0.717, 1.165) is 16.2 Å². The van der Waals surface area contributed by atoms with E-state index in [9.17, 15) is 18.0 Å². The number of amides is 1. The number of hydrogen-bond donors (Lipinski definition) is 1. The molecule has 8 heteroatoms. The van der Waals surface area contributed by atoms with E-state index in [2.05, 4.69) is 4.72 Å². The second-order valence-corrected chi connectivity index (χ2v) is 10.3. The van der Waals surface area contributed by atoms with Crippen LogP contribution in [-0.2, 0) is 14.8 Å². The molecule has 1 saturated heterocycles. The minimum Gasteiger partial charge on any atom is -0.452 e. The zero-order valence-electron chi connectivity index (χ0n) is 18.4. The Morgan fingerprint density at radius 3 is 2.29 bits per heavy atom. The topological polar surface area (TPSA) is 96.7 Å². The Labute approximate surface area is 197 Å². The Morgan fingerprint density at radius 2 is 1.56 bits per heavy atom. The minimum atomic E-state index is -3.64. The number of rotatable bonds is 6. The maximum Gasteiger partial charge on any atom is 0.298 e. The van der Waals surface area contributed by atoms with Crippen molar-refractivity contribution in [3.05, 3.63) is 78.6 Å². The Kier molecular flexibility index (Phi) is 5.93. The number of furan rings is 1. The van der Waals surface area contributed by atoms with E-state index < -0.39 is 21.7 Å². The Bertz CT molecular complexity index is 1450. The molecule has 5 rings (SSSR count). The summed E-state index contributed by atoms with van der Waals surface area (Å²) in [5.41, 5.74) is 0.566. The van der Waals surface area contributed by atoms with Gasteiger partial charge in [0.15, 0.2) is 5.76 Å². The van der Waals surface area contributed by atoms with Crippen LogP contribution in [0.3, 0.4) is 0 Å². The molecule has 174 valence electrons. The molecular weight excluding hydrogens is 452 g/mol. The monoisotopic (exact) mass is 476 g/mol. The summed E-state index contributed by atoms with van der Waals surface area (Å²) in [4.78, 5) is 27.1. The van der Waals surface area contributed by atoms with Gasteiger partial charge in [-0.1, -0.05) is 48.5 Å². The van der Waals surface area contributed by atoms with Gasteiger partial charge in [-0.25, -0.2) is 13.1 Å². The van der Waals surface area contributed by atoms with Crippen molar-refractivity contribution in [2.45, 2.75) is 17.7 Å². The third kappa shape index (κ3) is 4.47. The highest BCUT2D eigenvalue weighted by molar-refractivity contribution is 7.89. The first kappa shape index (κ1) is 22.3. The zero-order valence-corrected chi connectivity index (χ0v) is 19.3. The molecule has 1 aromatic heterocycles. The summed E-state index contributed by atoms with van der Waals surface area (Å²) in [5, 5.41) is 2.62. The first-order chi connectivity index (χ1) is 16.4. The van der Waals surface area contributed by atoms with E-state index in [0.29, 0.717) is 31.5 Å². The van der Waals surface area contributed by atoms with Crippen LogP contribution in [0.2, 0.25) is 0 Å². The van der Waals surface area contributed by atoms with Gasteiger partial charge in [-0.05, 0) is 53.8 Å². The molecule has 2 heterocycles. The van der Waals surface area contributed by atoms with Gasteiger partial charge < -0.3 is 9.32 Å². The number of nitrogens with zero attached hydrogens (tertiary/aromatic N) is 1. The fraction of sp³-hybridized carbons (Fsp3) is 0.231. The molecule has 0 radical (unpaired) electrons. The Hall–Kier alpha value is -3.49. The molecule has 1 aliphatic heterocycles. The quantitative estimate of drug-likeness (QED) is 0.335. The molecule has 0 atom stereocenters. The molecule has 0 saturated carbocycles. The highest BCUT2D eigenvalue weighted by atomic mass is 32.2. The van der Waals surface area contributed by atoms with Crippen molar-refractivity contribution < 1.29 is 22.4 Å². The fourth-order valence-corrected chi connectivity index (χ4v) is 5.48. The summed E-state index contributed by atoms with van der Waals surface area (Å²) in [6.07, 6.45) is 1.22. The average Bonchev–Trinajstić information content (AvgIpc) is 3.31. The number of fused-ring (bicyclic) bond motifs is 2. The van der Waals surface area contributed by atoms with Crippen LogP contribution in [0.15, 0.2) is 82.1 Å². The smallest absolute Gasteiger partial charge is 0.298 e. The number of para-hydroxylation sites is 1. The highest BCUT2D eigenvalue weighted by Crippen LogP contribution is 2.23.